The molecule has 0 spiro atoms. The lowest BCUT2D eigenvalue weighted by atomic mass is 10.2. The van der Waals surface area contributed by atoms with E-state index in [0.29, 0.717) is 11.4 Å². The SMILES string of the molecule is Cl.Cn1c(CCCCC(=O)O)nc2cc(Cl)ccc21. The normalized spacial score (nSPS) is 10.4. The van der Waals surface area contributed by atoms with Gasteiger partial charge in [0, 0.05) is 24.9 Å². The summed E-state index contributed by atoms with van der Waals surface area (Å²) in [4.78, 5) is 14.9. The molecule has 1 aromatic carbocycles. The van der Waals surface area contributed by atoms with Crippen LogP contribution in [0.2, 0.25) is 5.02 Å². The zero-order valence-corrected chi connectivity index (χ0v) is 12.2. The van der Waals surface area contributed by atoms with Crippen LogP contribution >= 0.6 is 24.0 Å². The Labute approximate surface area is 122 Å². The monoisotopic (exact) mass is 302 g/mol. The van der Waals surface area contributed by atoms with Gasteiger partial charge >= 0.3 is 5.97 Å². The molecule has 2 aromatic rings. The van der Waals surface area contributed by atoms with Crippen molar-refractivity contribution in [1.29, 1.82) is 0 Å². The Bertz CT molecular complexity index is 581. The fraction of sp³-hybridized carbons (Fsp3) is 0.385. The number of hydrogen-bond acceptors (Lipinski definition) is 2. The second-order valence-electron chi connectivity index (χ2n) is 4.32. The van der Waals surface area contributed by atoms with Crippen LogP contribution in [0.1, 0.15) is 25.1 Å². The molecule has 1 aromatic heterocycles. The number of benzene rings is 1. The number of halogens is 2. The van der Waals surface area contributed by atoms with Crippen molar-refractivity contribution in [3.63, 3.8) is 0 Å². The zero-order chi connectivity index (χ0) is 13.1. The molecule has 0 aliphatic rings. The molecule has 1 heterocycles. The van der Waals surface area contributed by atoms with E-state index in [4.69, 9.17) is 16.7 Å². The van der Waals surface area contributed by atoms with E-state index in [9.17, 15) is 4.79 Å². The van der Waals surface area contributed by atoms with Gasteiger partial charge in [-0.1, -0.05) is 11.6 Å². The van der Waals surface area contributed by atoms with Crippen molar-refractivity contribution >= 4 is 41.0 Å². The summed E-state index contributed by atoms with van der Waals surface area (Å²) in [6.45, 7) is 0. The van der Waals surface area contributed by atoms with Crippen LogP contribution in [0.5, 0.6) is 0 Å². The third-order valence-corrected chi connectivity index (χ3v) is 3.21. The van der Waals surface area contributed by atoms with E-state index in [0.717, 1.165) is 29.7 Å². The smallest absolute Gasteiger partial charge is 0.303 e. The topological polar surface area (TPSA) is 55.1 Å². The third-order valence-electron chi connectivity index (χ3n) is 2.98. The quantitative estimate of drug-likeness (QED) is 0.861. The van der Waals surface area contributed by atoms with E-state index in [1.165, 1.54) is 0 Å². The van der Waals surface area contributed by atoms with E-state index in [1.54, 1.807) is 0 Å². The zero-order valence-electron chi connectivity index (χ0n) is 10.6. The van der Waals surface area contributed by atoms with Crippen LogP contribution < -0.4 is 0 Å². The van der Waals surface area contributed by atoms with Gasteiger partial charge in [-0.15, -0.1) is 12.4 Å². The van der Waals surface area contributed by atoms with Crippen molar-refractivity contribution in [1.82, 2.24) is 9.55 Å². The minimum atomic E-state index is -0.744. The number of aromatic nitrogens is 2. The number of carboxylic acid groups (broad SMARTS) is 1. The largest absolute Gasteiger partial charge is 0.481 e. The van der Waals surface area contributed by atoms with Crippen LogP contribution in [0.15, 0.2) is 18.2 Å². The van der Waals surface area contributed by atoms with E-state index in [2.05, 4.69) is 4.98 Å². The Kier molecular flexibility index (Phi) is 5.63. The van der Waals surface area contributed by atoms with Crippen molar-refractivity contribution < 1.29 is 9.90 Å². The second-order valence-corrected chi connectivity index (χ2v) is 4.76. The number of carboxylic acids is 1. The highest BCUT2D eigenvalue weighted by Gasteiger charge is 2.08. The first-order chi connectivity index (χ1) is 8.58. The molecule has 6 heteroatoms. The number of rotatable bonds is 5. The van der Waals surface area contributed by atoms with Crippen LogP contribution in [0.25, 0.3) is 11.0 Å². The number of carbonyl (C=O) groups is 1. The predicted octanol–water partition coefficient (Wildman–Crippen LogP) is 3.45. The number of fused-ring (bicyclic) bond motifs is 1. The van der Waals surface area contributed by atoms with Gasteiger partial charge in [-0.05, 0) is 31.0 Å². The molecule has 0 radical (unpaired) electrons. The van der Waals surface area contributed by atoms with Gasteiger partial charge in [0.2, 0.25) is 0 Å². The average molecular weight is 303 g/mol. The van der Waals surface area contributed by atoms with E-state index >= 15 is 0 Å². The van der Waals surface area contributed by atoms with Crippen molar-refractivity contribution in [2.24, 2.45) is 7.05 Å². The lowest BCUT2D eigenvalue weighted by molar-refractivity contribution is -0.137. The predicted molar refractivity (Wildman–Crippen MR) is 78.2 cm³/mol. The Hall–Kier alpha value is -1.26. The molecule has 0 aliphatic carbocycles. The molecule has 4 nitrogen and oxygen atoms in total. The van der Waals surface area contributed by atoms with Crippen molar-refractivity contribution in [2.45, 2.75) is 25.7 Å². The lowest BCUT2D eigenvalue weighted by Crippen LogP contribution is -1.99. The van der Waals surface area contributed by atoms with Crippen LogP contribution in [0, 0.1) is 0 Å². The molecule has 2 rings (SSSR count). The van der Waals surface area contributed by atoms with Gasteiger partial charge in [-0.2, -0.15) is 0 Å². The van der Waals surface area contributed by atoms with E-state index in [1.807, 2.05) is 29.8 Å². The Morgan fingerprint density at radius 2 is 2.16 bits per heavy atom. The summed E-state index contributed by atoms with van der Waals surface area (Å²) >= 11 is 5.93. The summed E-state index contributed by atoms with van der Waals surface area (Å²) in [7, 11) is 1.97. The molecule has 0 atom stereocenters. The highest BCUT2D eigenvalue weighted by molar-refractivity contribution is 6.31. The van der Waals surface area contributed by atoms with Gasteiger partial charge in [0.15, 0.2) is 0 Å². The third kappa shape index (κ3) is 3.85. The van der Waals surface area contributed by atoms with E-state index < -0.39 is 5.97 Å². The average Bonchev–Trinajstić information content (AvgIpc) is 2.61. The number of nitrogens with zero attached hydrogens (tertiary/aromatic N) is 2. The lowest BCUT2D eigenvalue weighted by Gasteiger charge is -2.01. The molecule has 0 saturated heterocycles. The van der Waals surface area contributed by atoms with Gasteiger partial charge in [0.05, 0.1) is 11.0 Å². The minimum absolute atomic E-state index is 0. The fourth-order valence-electron chi connectivity index (χ4n) is 2.01. The second kappa shape index (κ2) is 6.78. The van der Waals surface area contributed by atoms with Crippen LogP contribution in [-0.2, 0) is 18.3 Å². The van der Waals surface area contributed by atoms with Gasteiger partial charge in [0.25, 0.3) is 0 Å². The highest BCUT2D eigenvalue weighted by Crippen LogP contribution is 2.20. The van der Waals surface area contributed by atoms with Crippen LogP contribution in [0.4, 0.5) is 0 Å². The molecule has 0 aliphatic heterocycles. The molecule has 0 fully saturated rings. The molecule has 0 amide bonds. The highest BCUT2D eigenvalue weighted by atomic mass is 35.5. The first kappa shape index (κ1) is 15.8. The summed E-state index contributed by atoms with van der Waals surface area (Å²) in [5, 5.41) is 9.25. The summed E-state index contributed by atoms with van der Waals surface area (Å²) in [5.41, 5.74) is 1.94. The number of aliphatic carboxylic acids is 1. The van der Waals surface area contributed by atoms with E-state index in [-0.39, 0.29) is 18.8 Å². The fourth-order valence-corrected chi connectivity index (χ4v) is 2.17. The summed E-state index contributed by atoms with van der Waals surface area (Å²) < 4.78 is 2.03. The molecule has 19 heavy (non-hydrogen) atoms. The number of aryl methyl sites for hydroxylation is 2. The summed E-state index contributed by atoms with van der Waals surface area (Å²) in [6, 6.07) is 5.64. The van der Waals surface area contributed by atoms with Gasteiger partial charge in [0.1, 0.15) is 5.82 Å². The van der Waals surface area contributed by atoms with Gasteiger partial charge in [-0.3, -0.25) is 4.79 Å². The minimum Gasteiger partial charge on any atom is -0.481 e. The maximum Gasteiger partial charge on any atom is 0.303 e. The molecule has 0 saturated carbocycles. The first-order valence-electron chi connectivity index (χ1n) is 5.90. The summed E-state index contributed by atoms with van der Waals surface area (Å²) in [6.07, 6.45) is 2.52. The van der Waals surface area contributed by atoms with Gasteiger partial charge in [-0.25, -0.2) is 4.98 Å². The maximum absolute atomic E-state index is 10.4. The van der Waals surface area contributed by atoms with Crippen molar-refractivity contribution in [3.05, 3.63) is 29.0 Å². The van der Waals surface area contributed by atoms with Crippen LogP contribution in [0.3, 0.4) is 0 Å². The van der Waals surface area contributed by atoms with Crippen LogP contribution in [-0.4, -0.2) is 20.6 Å². The standard InChI is InChI=1S/C13H15ClN2O2.ClH/c1-16-11-7-6-9(14)8-10(11)15-12(16)4-2-3-5-13(17)18;/h6-8H,2-5H2,1H3,(H,17,18);1H. The van der Waals surface area contributed by atoms with Gasteiger partial charge < -0.3 is 9.67 Å². The molecule has 0 unspecified atom stereocenters. The Morgan fingerprint density at radius 1 is 1.42 bits per heavy atom. The molecule has 0 bridgehead atoms. The number of imidazole rings is 1. The summed E-state index contributed by atoms with van der Waals surface area (Å²) in [5.74, 6) is 0.226. The molecule has 1 N–H and O–H groups in total. The molecular weight excluding hydrogens is 287 g/mol. The Balaban J connectivity index is 0.00000180. The number of hydrogen-bond donors (Lipinski definition) is 1. The first-order valence-corrected chi connectivity index (χ1v) is 6.28. The molecular formula is C13H16Cl2N2O2. The molecule has 104 valence electrons. The van der Waals surface area contributed by atoms with Crippen molar-refractivity contribution in [2.75, 3.05) is 0 Å². The number of unbranched alkanes of at least 4 members (excludes halogenated alkanes) is 1. The maximum atomic E-state index is 10.4. The van der Waals surface area contributed by atoms with Crippen molar-refractivity contribution in [3.8, 4) is 0 Å². The Morgan fingerprint density at radius 3 is 2.84 bits per heavy atom.